The maximum atomic E-state index is 11.9. The smallest absolute Gasteiger partial charge is 0.330 e. The molecule has 0 aliphatic heterocycles. The van der Waals surface area contributed by atoms with Gasteiger partial charge in [0.05, 0.1) is 13.7 Å². The number of methoxy groups -OCH3 is 1. The Kier molecular flexibility index (Phi) is 4.20. The summed E-state index contributed by atoms with van der Waals surface area (Å²) < 4.78 is 9.91. The quantitative estimate of drug-likeness (QED) is 0.684. The molecule has 20 heavy (non-hydrogen) atoms. The van der Waals surface area contributed by atoms with Gasteiger partial charge in [0.25, 0.3) is 5.56 Å². The summed E-state index contributed by atoms with van der Waals surface area (Å²) in [6, 6.07) is 7.06. The molecule has 0 radical (unpaired) electrons. The molecule has 0 atom stereocenters. The van der Waals surface area contributed by atoms with Crippen molar-refractivity contribution in [3.8, 4) is 5.75 Å². The third-order valence-electron chi connectivity index (χ3n) is 2.77. The molecule has 0 unspecified atom stereocenters. The number of aromatic amines is 1. The number of hydrogen-bond acceptors (Lipinski definition) is 4. The molecule has 0 saturated carbocycles. The van der Waals surface area contributed by atoms with E-state index in [1.165, 1.54) is 12.2 Å². The summed E-state index contributed by atoms with van der Waals surface area (Å²) in [5.41, 5.74) is 0.839. The van der Waals surface area contributed by atoms with Crippen LogP contribution in [0.4, 0.5) is 0 Å². The van der Waals surface area contributed by atoms with E-state index in [-0.39, 0.29) is 5.56 Å². The van der Waals surface area contributed by atoms with E-state index in [2.05, 4.69) is 4.98 Å². The molecule has 2 rings (SSSR count). The van der Waals surface area contributed by atoms with E-state index in [9.17, 15) is 9.59 Å². The molecule has 1 aromatic heterocycles. The number of fused-ring (bicyclic) bond motifs is 1. The first-order valence-electron chi connectivity index (χ1n) is 6.20. The van der Waals surface area contributed by atoms with Crippen molar-refractivity contribution in [1.82, 2.24) is 4.98 Å². The van der Waals surface area contributed by atoms with Crippen LogP contribution in [0.2, 0.25) is 0 Å². The Balaban J connectivity index is 2.40. The van der Waals surface area contributed by atoms with E-state index in [1.807, 2.05) is 6.07 Å². The monoisotopic (exact) mass is 273 g/mol. The predicted octanol–water partition coefficient (Wildman–Crippen LogP) is 2.11. The minimum Gasteiger partial charge on any atom is -0.497 e. The fourth-order valence-corrected chi connectivity index (χ4v) is 1.80. The van der Waals surface area contributed by atoms with E-state index in [1.54, 1.807) is 32.2 Å². The highest BCUT2D eigenvalue weighted by Gasteiger charge is 2.03. The molecule has 2 aromatic rings. The number of aromatic nitrogens is 1. The summed E-state index contributed by atoms with van der Waals surface area (Å²) in [4.78, 5) is 25.9. The van der Waals surface area contributed by atoms with Gasteiger partial charge in [0.1, 0.15) is 5.75 Å². The van der Waals surface area contributed by atoms with Crippen LogP contribution in [0.3, 0.4) is 0 Å². The van der Waals surface area contributed by atoms with Gasteiger partial charge in [0.15, 0.2) is 0 Å². The first-order chi connectivity index (χ1) is 9.63. The van der Waals surface area contributed by atoms with Crippen LogP contribution in [0.25, 0.3) is 17.0 Å². The van der Waals surface area contributed by atoms with Gasteiger partial charge in [-0.25, -0.2) is 4.79 Å². The van der Waals surface area contributed by atoms with Crippen LogP contribution >= 0.6 is 0 Å². The van der Waals surface area contributed by atoms with Crippen molar-refractivity contribution >= 4 is 22.9 Å². The van der Waals surface area contributed by atoms with Crippen molar-refractivity contribution in [3.05, 3.63) is 46.3 Å². The molecule has 0 aliphatic rings. The average Bonchev–Trinajstić information content (AvgIpc) is 2.45. The zero-order valence-electron chi connectivity index (χ0n) is 11.3. The van der Waals surface area contributed by atoms with Crippen molar-refractivity contribution in [3.63, 3.8) is 0 Å². The third kappa shape index (κ3) is 3.06. The Morgan fingerprint density at radius 2 is 2.15 bits per heavy atom. The SMILES string of the molecule is CCOC(=O)/C=C/c1cc2cc(OC)ccc2[nH]c1=O. The molecule has 0 aliphatic carbocycles. The van der Waals surface area contributed by atoms with Crippen LogP contribution in [-0.2, 0) is 9.53 Å². The highest BCUT2D eigenvalue weighted by atomic mass is 16.5. The van der Waals surface area contributed by atoms with Gasteiger partial charge >= 0.3 is 5.97 Å². The molecule has 104 valence electrons. The van der Waals surface area contributed by atoms with Gasteiger partial charge in [-0.1, -0.05) is 0 Å². The number of pyridine rings is 1. The molecule has 1 N–H and O–H groups in total. The summed E-state index contributed by atoms with van der Waals surface area (Å²) in [6.45, 7) is 2.02. The maximum absolute atomic E-state index is 11.9. The molecular formula is C15H15NO4. The summed E-state index contributed by atoms with van der Waals surface area (Å²) in [6.07, 6.45) is 2.68. The number of hydrogen-bond donors (Lipinski definition) is 1. The third-order valence-corrected chi connectivity index (χ3v) is 2.77. The summed E-state index contributed by atoms with van der Waals surface area (Å²) >= 11 is 0. The van der Waals surface area contributed by atoms with Crippen LogP contribution in [0, 0.1) is 0 Å². The second kappa shape index (κ2) is 6.06. The van der Waals surface area contributed by atoms with Gasteiger partial charge in [0.2, 0.25) is 0 Å². The van der Waals surface area contributed by atoms with E-state index in [0.717, 1.165) is 5.39 Å². The van der Waals surface area contributed by atoms with Crippen LogP contribution in [0.5, 0.6) is 5.75 Å². The minimum atomic E-state index is -0.474. The number of H-pyrrole nitrogens is 1. The molecule has 0 fully saturated rings. The van der Waals surface area contributed by atoms with Gasteiger partial charge in [-0.2, -0.15) is 0 Å². The molecule has 0 spiro atoms. The van der Waals surface area contributed by atoms with E-state index in [0.29, 0.717) is 23.4 Å². The normalized spacial score (nSPS) is 10.9. The molecule has 0 saturated heterocycles. The van der Waals surface area contributed by atoms with E-state index >= 15 is 0 Å². The number of rotatable bonds is 4. The molecule has 1 aromatic carbocycles. The van der Waals surface area contributed by atoms with Gasteiger partial charge in [0, 0.05) is 22.5 Å². The van der Waals surface area contributed by atoms with Gasteiger partial charge in [-0.05, 0) is 37.3 Å². The standard InChI is InChI=1S/C15H15NO4/c1-3-20-14(17)7-4-10-8-11-9-12(19-2)5-6-13(11)16-15(10)18/h4-9H,3H2,1-2H3,(H,16,18)/b7-4+. The largest absolute Gasteiger partial charge is 0.497 e. The van der Waals surface area contributed by atoms with Gasteiger partial charge < -0.3 is 14.5 Å². The van der Waals surface area contributed by atoms with Gasteiger partial charge in [-0.3, -0.25) is 4.79 Å². The molecule has 0 bridgehead atoms. The number of ether oxygens (including phenoxy) is 2. The Bertz CT molecular complexity index is 715. The highest BCUT2D eigenvalue weighted by molar-refractivity contribution is 5.88. The summed E-state index contributed by atoms with van der Waals surface area (Å²) in [7, 11) is 1.58. The lowest BCUT2D eigenvalue weighted by atomic mass is 10.1. The highest BCUT2D eigenvalue weighted by Crippen LogP contribution is 2.19. The van der Waals surface area contributed by atoms with Crippen LogP contribution in [0.15, 0.2) is 35.1 Å². The van der Waals surface area contributed by atoms with E-state index < -0.39 is 5.97 Å². The van der Waals surface area contributed by atoms with Crippen LogP contribution < -0.4 is 10.3 Å². The Hall–Kier alpha value is -2.56. The Morgan fingerprint density at radius 3 is 2.85 bits per heavy atom. The minimum absolute atomic E-state index is 0.261. The van der Waals surface area contributed by atoms with Gasteiger partial charge in [-0.15, -0.1) is 0 Å². The zero-order chi connectivity index (χ0) is 14.5. The van der Waals surface area contributed by atoms with Crippen molar-refractivity contribution in [2.24, 2.45) is 0 Å². The second-order valence-corrected chi connectivity index (χ2v) is 4.09. The molecule has 5 nitrogen and oxygen atoms in total. The van der Waals surface area contributed by atoms with Crippen molar-refractivity contribution in [2.45, 2.75) is 6.92 Å². The summed E-state index contributed by atoms with van der Waals surface area (Å²) in [5.74, 6) is 0.225. The van der Waals surface area contributed by atoms with Crippen LogP contribution in [-0.4, -0.2) is 24.7 Å². The van der Waals surface area contributed by atoms with Crippen LogP contribution in [0.1, 0.15) is 12.5 Å². The molecular weight excluding hydrogens is 258 g/mol. The molecule has 5 heteroatoms. The number of carbonyl (C=O) groups is 1. The zero-order valence-corrected chi connectivity index (χ0v) is 11.3. The lowest BCUT2D eigenvalue weighted by Gasteiger charge is -2.03. The number of esters is 1. The van der Waals surface area contributed by atoms with Crippen molar-refractivity contribution < 1.29 is 14.3 Å². The number of benzene rings is 1. The average molecular weight is 273 g/mol. The summed E-state index contributed by atoms with van der Waals surface area (Å²) in [5, 5.41) is 0.826. The maximum Gasteiger partial charge on any atom is 0.330 e. The van der Waals surface area contributed by atoms with E-state index in [4.69, 9.17) is 9.47 Å². The Morgan fingerprint density at radius 1 is 1.35 bits per heavy atom. The second-order valence-electron chi connectivity index (χ2n) is 4.09. The molecule has 0 amide bonds. The lowest BCUT2D eigenvalue weighted by molar-refractivity contribution is -0.137. The van der Waals surface area contributed by atoms with Crippen molar-refractivity contribution in [1.29, 1.82) is 0 Å². The Labute approximate surface area is 115 Å². The fraction of sp³-hybridized carbons (Fsp3) is 0.200. The number of nitrogens with one attached hydrogen (secondary N) is 1. The topological polar surface area (TPSA) is 68.4 Å². The van der Waals surface area contributed by atoms with Crippen molar-refractivity contribution in [2.75, 3.05) is 13.7 Å². The first kappa shape index (κ1) is 13.9. The predicted molar refractivity (Wildman–Crippen MR) is 76.8 cm³/mol. The molecule has 1 heterocycles. The fourth-order valence-electron chi connectivity index (χ4n) is 1.80. The number of carbonyl (C=O) groups excluding carboxylic acids is 1. The lowest BCUT2D eigenvalue weighted by Crippen LogP contribution is -2.09. The first-order valence-corrected chi connectivity index (χ1v) is 6.20.